The van der Waals surface area contributed by atoms with Gasteiger partial charge in [0.2, 0.25) is 0 Å². The maximum absolute atomic E-state index is 13.3. The van der Waals surface area contributed by atoms with Crippen molar-refractivity contribution in [1.82, 2.24) is 5.32 Å². The highest BCUT2D eigenvalue weighted by Gasteiger charge is 2.15. The highest BCUT2D eigenvalue weighted by Crippen LogP contribution is 2.22. The van der Waals surface area contributed by atoms with Gasteiger partial charge in [0.1, 0.15) is 0 Å². The molecule has 0 aliphatic heterocycles. The van der Waals surface area contributed by atoms with E-state index in [-0.39, 0.29) is 22.7 Å². The number of hydrogen-bond donors (Lipinski definition) is 3. The van der Waals surface area contributed by atoms with Gasteiger partial charge in [-0.15, -0.1) is 0 Å². The van der Waals surface area contributed by atoms with E-state index < -0.39 is 17.5 Å². The minimum atomic E-state index is -1.16. The van der Waals surface area contributed by atoms with Crippen LogP contribution in [0, 0.1) is 11.6 Å². The number of benzene rings is 2. The summed E-state index contributed by atoms with van der Waals surface area (Å²) in [6, 6.07) is 7.41. The quantitative estimate of drug-likeness (QED) is 0.701. The first-order valence-corrected chi connectivity index (χ1v) is 7.77. The van der Waals surface area contributed by atoms with Crippen molar-refractivity contribution < 1.29 is 18.4 Å². The molecule has 0 radical (unpaired) electrons. The van der Waals surface area contributed by atoms with Crippen LogP contribution in [0.4, 0.5) is 25.0 Å². The van der Waals surface area contributed by atoms with Crippen molar-refractivity contribution in [2.24, 2.45) is 0 Å². The molecule has 0 fully saturated rings. The lowest BCUT2D eigenvalue weighted by Gasteiger charge is -2.11. The van der Waals surface area contributed by atoms with Crippen LogP contribution in [0.15, 0.2) is 36.4 Å². The number of halogens is 3. The van der Waals surface area contributed by atoms with Gasteiger partial charge in [0.25, 0.3) is 5.91 Å². The van der Waals surface area contributed by atoms with Crippen LogP contribution in [0.25, 0.3) is 0 Å². The molecule has 0 heterocycles. The number of urea groups is 1. The van der Waals surface area contributed by atoms with E-state index in [4.69, 9.17) is 11.6 Å². The predicted molar refractivity (Wildman–Crippen MR) is 93.1 cm³/mol. The first-order valence-electron chi connectivity index (χ1n) is 7.39. The van der Waals surface area contributed by atoms with Gasteiger partial charge in [0.15, 0.2) is 11.6 Å². The minimum absolute atomic E-state index is 0.000542. The summed E-state index contributed by atoms with van der Waals surface area (Å²) in [6.45, 7) is 3.67. The molecule has 0 aromatic heterocycles. The van der Waals surface area contributed by atoms with E-state index in [9.17, 15) is 18.4 Å². The summed E-state index contributed by atoms with van der Waals surface area (Å²) in [5.41, 5.74) is 0.752. The van der Waals surface area contributed by atoms with E-state index in [0.29, 0.717) is 11.4 Å². The van der Waals surface area contributed by atoms with Crippen molar-refractivity contribution in [2.75, 3.05) is 10.6 Å². The van der Waals surface area contributed by atoms with E-state index in [0.717, 1.165) is 12.1 Å². The average Bonchev–Trinajstić information content (AvgIpc) is 2.52. The van der Waals surface area contributed by atoms with Gasteiger partial charge < -0.3 is 16.0 Å². The smallest absolute Gasteiger partial charge is 0.319 e. The van der Waals surface area contributed by atoms with Crippen LogP contribution in [-0.4, -0.2) is 18.0 Å². The van der Waals surface area contributed by atoms with Crippen molar-refractivity contribution in [3.63, 3.8) is 0 Å². The molecule has 0 unspecified atom stereocenters. The number of carbonyl (C=O) groups excluding carboxylic acids is 2. The molecule has 25 heavy (non-hydrogen) atoms. The molecule has 0 spiro atoms. The largest absolute Gasteiger partial charge is 0.336 e. The van der Waals surface area contributed by atoms with Gasteiger partial charge in [-0.05, 0) is 50.2 Å². The second-order valence-corrected chi connectivity index (χ2v) is 5.94. The molecule has 2 aromatic carbocycles. The Balaban J connectivity index is 2.05. The Morgan fingerprint density at radius 2 is 1.48 bits per heavy atom. The normalized spacial score (nSPS) is 10.5. The maximum Gasteiger partial charge on any atom is 0.319 e. The number of anilines is 2. The molecular weight excluding hydrogens is 352 g/mol. The molecule has 0 atom stereocenters. The van der Waals surface area contributed by atoms with Gasteiger partial charge >= 0.3 is 6.03 Å². The summed E-state index contributed by atoms with van der Waals surface area (Å²) in [4.78, 5) is 23.7. The van der Waals surface area contributed by atoms with Crippen LogP contribution >= 0.6 is 11.6 Å². The third-order valence-corrected chi connectivity index (χ3v) is 3.39. The molecule has 0 aliphatic rings. The third kappa shape index (κ3) is 5.15. The number of amides is 3. The molecule has 8 heteroatoms. The molecule has 0 saturated carbocycles. The van der Waals surface area contributed by atoms with Gasteiger partial charge in [-0.2, -0.15) is 0 Å². The summed E-state index contributed by atoms with van der Waals surface area (Å²) in [6.07, 6.45) is 0. The van der Waals surface area contributed by atoms with Crippen molar-refractivity contribution in [3.8, 4) is 0 Å². The maximum atomic E-state index is 13.3. The molecule has 0 saturated heterocycles. The van der Waals surface area contributed by atoms with Crippen molar-refractivity contribution in [2.45, 2.75) is 19.9 Å². The lowest BCUT2D eigenvalue weighted by Crippen LogP contribution is -2.34. The van der Waals surface area contributed by atoms with Gasteiger partial charge in [0, 0.05) is 17.4 Å². The summed E-state index contributed by atoms with van der Waals surface area (Å²) in [5, 5.41) is 7.63. The highest BCUT2D eigenvalue weighted by atomic mass is 35.5. The van der Waals surface area contributed by atoms with Crippen LogP contribution in [-0.2, 0) is 0 Å². The highest BCUT2D eigenvalue weighted by molar-refractivity contribution is 6.34. The zero-order valence-corrected chi connectivity index (χ0v) is 14.2. The fraction of sp³-hybridized carbons (Fsp3) is 0.176. The molecule has 5 nitrogen and oxygen atoms in total. The topological polar surface area (TPSA) is 70.2 Å². The van der Waals surface area contributed by atoms with E-state index in [1.165, 1.54) is 0 Å². The summed E-state index contributed by atoms with van der Waals surface area (Å²) in [7, 11) is 0. The van der Waals surface area contributed by atoms with Crippen LogP contribution in [0.3, 0.4) is 0 Å². The molecule has 3 amide bonds. The van der Waals surface area contributed by atoms with Crippen LogP contribution in [0.5, 0.6) is 0 Å². The van der Waals surface area contributed by atoms with E-state index in [1.54, 1.807) is 24.3 Å². The van der Waals surface area contributed by atoms with E-state index >= 15 is 0 Å². The van der Waals surface area contributed by atoms with Crippen LogP contribution in [0.2, 0.25) is 5.02 Å². The first-order chi connectivity index (χ1) is 11.8. The lowest BCUT2D eigenvalue weighted by molar-refractivity contribution is 0.102. The fourth-order valence-corrected chi connectivity index (χ4v) is 2.20. The molecule has 132 valence electrons. The van der Waals surface area contributed by atoms with Crippen LogP contribution < -0.4 is 16.0 Å². The summed E-state index contributed by atoms with van der Waals surface area (Å²) < 4.78 is 26.3. The Kier molecular flexibility index (Phi) is 5.93. The fourth-order valence-electron chi connectivity index (χ4n) is 1.96. The number of carbonyl (C=O) groups is 2. The zero-order valence-electron chi connectivity index (χ0n) is 13.5. The van der Waals surface area contributed by atoms with Crippen molar-refractivity contribution in [1.29, 1.82) is 0 Å². The molecule has 3 N–H and O–H groups in total. The van der Waals surface area contributed by atoms with Gasteiger partial charge in [-0.1, -0.05) is 11.6 Å². The number of hydrogen-bond acceptors (Lipinski definition) is 2. The molecule has 0 bridgehead atoms. The summed E-state index contributed by atoms with van der Waals surface area (Å²) in [5.74, 6) is -2.97. The van der Waals surface area contributed by atoms with E-state index in [2.05, 4.69) is 16.0 Å². The standard InChI is InChI=1S/C17H16ClF2N3O2/c1-9(2)21-17(25)23-11-5-3-10(4-6-11)22-16(24)12-7-14(19)15(20)8-13(12)18/h3-9H,1-2H3,(H,22,24)(H2,21,23,25). The zero-order chi connectivity index (χ0) is 18.6. The second kappa shape index (κ2) is 7.94. The Morgan fingerprint density at radius 1 is 0.960 bits per heavy atom. The van der Waals surface area contributed by atoms with Crippen molar-refractivity contribution >= 4 is 34.9 Å². The first kappa shape index (κ1) is 18.7. The average molecular weight is 368 g/mol. The lowest BCUT2D eigenvalue weighted by atomic mass is 10.2. The Labute approximate surface area is 148 Å². The molecular formula is C17H16ClF2N3O2. The number of nitrogens with one attached hydrogen (secondary N) is 3. The van der Waals surface area contributed by atoms with Gasteiger partial charge in [-0.25, -0.2) is 13.6 Å². The van der Waals surface area contributed by atoms with Crippen molar-refractivity contribution in [3.05, 3.63) is 58.6 Å². The third-order valence-electron chi connectivity index (χ3n) is 3.07. The summed E-state index contributed by atoms with van der Waals surface area (Å²) >= 11 is 5.76. The van der Waals surface area contributed by atoms with Crippen LogP contribution in [0.1, 0.15) is 24.2 Å². The Hall–Kier alpha value is -2.67. The minimum Gasteiger partial charge on any atom is -0.336 e. The predicted octanol–water partition coefficient (Wildman–Crippen LogP) is 4.40. The molecule has 2 rings (SSSR count). The SMILES string of the molecule is CC(C)NC(=O)Nc1ccc(NC(=O)c2cc(F)c(F)cc2Cl)cc1. The molecule has 2 aromatic rings. The Morgan fingerprint density at radius 3 is 2.04 bits per heavy atom. The Bertz CT molecular complexity index is 795. The van der Waals surface area contributed by atoms with Gasteiger partial charge in [0.05, 0.1) is 10.6 Å². The van der Waals surface area contributed by atoms with E-state index in [1.807, 2.05) is 13.8 Å². The van der Waals surface area contributed by atoms with Gasteiger partial charge in [-0.3, -0.25) is 4.79 Å². The monoisotopic (exact) mass is 367 g/mol. The second-order valence-electron chi connectivity index (χ2n) is 5.53. The number of rotatable bonds is 4. The molecule has 0 aliphatic carbocycles.